The second kappa shape index (κ2) is 17.2. The van der Waals surface area contributed by atoms with E-state index in [9.17, 15) is 19.7 Å². The number of aryl methyl sites for hydroxylation is 1. The van der Waals surface area contributed by atoms with Crippen LogP contribution in [0.4, 0.5) is 5.69 Å². The Bertz CT molecular complexity index is 1590. The smallest absolute Gasteiger partial charge is 0.316 e. The first-order valence-corrected chi connectivity index (χ1v) is 16.1. The van der Waals surface area contributed by atoms with Crippen molar-refractivity contribution in [3.05, 3.63) is 130 Å². The summed E-state index contributed by atoms with van der Waals surface area (Å²) in [6.07, 6.45) is 2.83. The lowest BCUT2D eigenvalue weighted by atomic mass is 9.76. The molecule has 0 saturated heterocycles. The molecule has 2 unspecified atom stereocenters. The van der Waals surface area contributed by atoms with Gasteiger partial charge in [-0.15, -0.1) is 0 Å². The second-order valence-electron chi connectivity index (χ2n) is 11.7. The molecule has 0 radical (unpaired) electrons. The van der Waals surface area contributed by atoms with Gasteiger partial charge in [-0.05, 0) is 60.1 Å². The third kappa shape index (κ3) is 9.59. The predicted octanol–water partition coefficient (Wildman–Crippen LogP) is 8.73. The van der Waals surface area contributed by atoms with E-state index in [-0.39, 0.29) is 24.7 Å². The van der Waals surface area contributed by atoms with Crippen molar-refractivity contribution in [1.82, 2.24) is 0 Å². The highest BCUT2D eigenvalue weighted by Gasteiger charge is 2.41. The first kappa shape index (κ1) is 35.0. The molecule has 0 N–H and O–H groups in total. The molecule has 0 amide bonds. The van der Waals surface area contributed by atoms with Crippen molar-refractivity contribution >= 4 is 17.4 Å². The van der Waals surface area contributed by atoms with E-state index in [2.05, 4.69) is 0 Å². The van der Waals surface area contributed by atoms with Crippen LogP contribution in [-0.2, 0) is 25.5 Å². The van der Waals surface area contributed by atoms with E-state index in [4.69, 9.17) is 14.2 Å². The zero-order valence-electron chi connectivity index (χ0n) is 27.3. The number of carbonyl (C=O) groups is 2. The molecule has 4 aromatic rings. The van der Waals surface area contributed by atoms with Crippen LogP contribution in [-0.4, -0.2) is 36.2 Å². The predicted molar refractivity (Wildman–Crippen MR) is 182 cm³/mol. The van der Waals surface area contributed by atoms with Gasteiger partial charge in [0, 0.05) is 24.5 Å². The summed E-state index contributed by atoms with van der Waals surface area (Å²) >= 11 is 0. The molecule has 0 aliphatic carbocycles. The van der Waals surface area contributed by atoms with Gasteiger partial charge in [0.2, 0.25) is 0 Å². The van der Waals surface area contributed by atoms with Crippen LogP contribution in [0.1, 0.15) is 63.0 Å². The number of carbonyl (C=O) groups excluding carboxylic acids is 2. The molecular weight excluding hydrogens is 594 g/mol. The Labute approximate surface area is 276 Å². The van der Waals surface area contributed by atoms with Crippen molar-refractivity contribution in [3.8, 4) is 16.9 Å². The number of nitro benzene ring substituents is 1. The molecule has 3 atom stereocenters. The molecule has 0 bridgehead atoms. The van der Waals surface area contributed by atoms with E-state index in [1.807, 2.05) is 98.8 Å². The van der Waals surface area contributed by atoms with Gasteiger partial charge in [0.1, 0.15) is 11.7 Å². The van der Waals surface area contributed by atoms with Crippen LogP contribution < -0.4 is 4.74 Å². The van der Waals surface area contributed by atoms with Gasteiger partial charge in [0.05, 0.1) is 17.6 Å². The lowest BCUT2D eigenvalue weighted by molar-refractivity contribution is -0.384. The Balaban J connectivity index is 1.59. The van der Waals surface area contributed by atoms with Crippen LogP contribution in [0.2, 0.25) is 0 Å². The van der Waals surface area contributed by atoms with Gasteiger partial charge in [-0.25, -0.2) is 0 Å². The molecule has 8 nitrogen and oxygen atoms in total. The van der Waals surface area contributed by atoms with E-state index < -0.39 is 28.3 Å². The van der Waals surface area contributed by atoms with Gasteiger partial charge in [0.15, 0.2) is 12.6 Å². The number of ether oxygens (including phenoxy) is 3. The Morgan fingerprint density at radius 1 is 0.830 bits per heavy atom. The Hall–Kier alpha value is -4.82. The van der Waals surface area contributed by atoms with Crippen molar-refractivity contribution in [1.29, 1.82) is 0 Å². The Morgan fingerprint density at radius 3 is 2.11 bits per heavy atom. The van der Waals surface area contributed by atoms with E-state index in [0.717, 1.165) is 23.1 Å². The molecule has 0 fully saturated rings. The average Bonchev–Trinajstić information content (AvgIpc) is 3.10. The third-order valence-electron chi connectivity index (χ3n) is 8.62. The summed E-state index contributed by atoms with van der Waals surface area (Å²) < 4.78 is 17.7. The third-order valence-corrected chi connectivity index (χ3v) is 8.62. The van der Waals surface area contributed by atoms with Gasteiger partial charge in [0.25, 0.3) is 5.69 Å². The lowest BCUT2D eigenvalue weighted by Crippen LogP contribution is -2.41. The SMILES string of the molecule is CCC[C@@](CCc1ccccc1)(CC(=O)C(C(=O)OC)C(CC)c1cccc([N+](=O)[O-])c1)OCOc1ccc(-c2ccccc2)cc1. The van der Waals surface area contributed by atoms with Crippen LogP contribution in [0.5, 0.6) is 5.75 Å². The number of methoxy groups -OCH3 is 1. The number of nitro groups is 1. The van der Waals surface area contributed by atoms with Crippen LogP contribution in [0.15, 0.2) is 109 Å². The monoisotopic (exact) mass is 637 g/mol. The maximum absolute atomic E-state index is 14.3. The number of non-ortho nitro benzene ring substituents is 1. The maximum atomic E-state index is 14.3. The zero-order valence-corrected chi connectivity index (χ0v) is 27.3. The van der Waals surface area contributed by atoms with E-state index >= 15 is 0 Å². The summed E-state index contributed by atoms with van der Waals surface area (Å²) in [6.45, 7) is 3.80. The number of hydrogen-bond acceptors (Lipinski definition) is 7. The summed E-state index contributed by atoms with van der Waals surface area (Å²) in [4.78, 5) is 38.6. The fourth-order valence-corrected chi connectivity index (χ4v) is 6.17. The van der Waals surface area contributed by atoms with Crippen molar-refractivity contribution in [2.75, 3.05) is 13.9 Å². The number of ketones is 1. The molecule has 0 aliphatic rings. The minimum absolute atomic E-state index is 0.0465. The number of nitrogens with zero attached hydrogens (tertiary/aromatic N) is 1. The highest BCUT2D eigenvalue weighted by molar-refractivity contribution is 6.00. The highest BCUT2D eigenvalue weighted by Crippen LogP contribution is 2.37. The fourth-order valence-electron chi connectivity index (χ4n) is 6.17. The van der Waals surface area contributed by atoms with Crippen molar-refractivity contribution in [2.45, 2.75) is 63.9 Å². The van der Waals surface area contributed by atoms with Gasteiger partial charge in [-0.3, -0.25) is 19.7 Å². The van der Waals surface area contributed by atoms with Gasteiger partial charge < -0.3 is 14.2 Å². The minimum atomic E-state index is -1.16. The summed E-state index contributed by atoms with van der Waals surface area (Å²) in [7, 11) is 1.25. The first-order valence-electron chi connectivity index (χ1n) is 16.1. The summed E-state index contributed by atoms with van der Waals surface area (Å²) in [5, 5.41) is 11.5. The van der Waals surface area contributed by atoms with E-state index in [1.165, 1.54) is 19.2 Å². The summed E-state index contributed by atoms with van der Waals surface area (Å²) in [5.74, 6) is -2.13. The number of hydrogen-bond donors (Lipinski definition) is 0. The molecule has 246 valence electrons. The van der Waals surface area contributed by atoms with Gasteiger partial charge in [-0.2, -0.15) is 0 Å². The highest BCUT2D eigenvalue weighted by atomic mass is 16.7. The minimum Gasteiger partial charge on any atom is -0.468 e. The van der Waals surface area contributed by atoms with Crippen molar-refractivity contribution in [3.63, 3.8) is 0 Å². The first-order chi connectivity index (χ1) is 22.8. The number of benzene rings is 4. The maximum Gasteiger partial charge on any atom is 0.316 e. The topological polar surface area (TPSA) is 105 Å². The average molecular weight is 638 g/mol. The Kier molecular flexibility index (Phi) is 12.8. The van der Waals surface area contributed by atoms with E-state index in [0.29, 0.717) is 37.0 Å². The van der Waals surface area contributed by atoms with Crippen molar-refractivity contribution in [2.24, 2.45) is 5.92 Å². The van der Waals surface area contributed by atoms with Crippen molar-refractivity contribution < 1.29 is 28.7 Å². The number of Topliss-reactive ketones (excluding diaryl/α,β-unsaturated/α-hetero) is 1. The van der Waals surface area contributed by atoms with Crippen LogP contribution >= 0.6 is 0 Å². The van der Waals surface area contributed by atoms with E-state index in [1.54, 1.807) is 12.1 Å². The fraction of sp³-hybridized carbons (Fsp3) is 0.333. The lowest BCUT2D eigenvalue weighted by Gasteiger charge is -2.35. The molecule has 0 heterocycles. The summed E-state index contributed by atoms with van der Waals surface area (Å²) in [5.41, 5.74) is 2.78. The zero-order chi connectivity index (χ0) is 33.6. The quantitative estimate of drug-likeness (QED) is 0.0353. The molecule has 47 heavy (non-hydrogen) atoms. The molecule has 0 spiro atoms. The standard InChI is InChI=1S/C39H43NO7/c1-4-24-39(25-23-29-13-8-6-9-14-29,47-28-46-34-21-19-31(20-22-34)30-15-10-7-11-16-30)27-36(41)37(38(42)45-3)35(5-2)32-17-12-18-33(26-32)40(43)44/h6-22,26,35,37H,4-5,23-25,27-28H2,1-3H3/t35?,37?,39-/m1/s1. The number of esters is 1. The molecule has 0 saturated carbocycles. The molecule has 4 rings (SSSR count). The van der Waals surface area contributed by atoms with Crippen LogP contribution in [0.25, 0.3) is 11.1 Å². The largest absolute Gasteiger partial charge is 0.468 e. The summed E-state index contributed by atoms with van der Waals surface area (Å²) in [6, 6.07) is 33.9. The normalized spacial score (nSPS) is 13.6. The van der Waals surface area contributed by atoms with Crippen LogP contribution in [0.3, 0.4) is 0 Å². The molecule has 0 aliphatic heterocycles. The molecule has 0 aromatic heterocycles. The Morgan fingerprint density at radius 2 is 1.49 bits per heavy atom. The van der Waals surface area contributed by atoms with Crippen LogP contribution in [0, 0.1) is 16.0 Å². The molecule has 8 heteroatoms. The molecular formula is C39H43NO7. The second-order valence-corrected chi connectivity index (χ2v) is 11.7. The number of rotatable bonds is 18. The van der Waals surface area contributed by atoms with Gasteiger partial charge in [-0.1, -0.05) is 105 Å². The van der Waals surface area contributed by atoms with Gasteiger partial charge >= 0.3 is 5.97 Å². The molecule has 4 aromatic carbocycles.